The molecule has 6 nitrogen and oxygen atoms in total. The topological polar surface area (TPSA) is 79.8 Å². The van der Waals surface area contributed by atoms with Crippen molar-refractivity contribution in [1.82, 2.24) is 10.7 Å². The van der Waals surface area contributed by atoms with Crippen LogP contribution in [0.4, 0.5) is 4.79 Å². The molecule has 0 heterocycles. The average molecular weight is 257 g/mol. The van der Waals surface area contributed by atoms with Crippen molar-refractivity contribution < 1.29 is 14.3 Å². The second-order valence-electron chi connectivity index (χ2n) is 5.36. The van der Waals surface area contributed by atoms with Gasteiger partial charge in [0.25, 0.3) is 0 Å². The summed E-state index contributed by atoms with van der Waals surface area (Å²) in [6.45, 7) is 10.7. The first-order valence-corrected chi connectivity index (χ1v) is 5.91. The molecule has 0 aromatic carbocycles. The fraction of sp³-hybridized carbons (Fsp3) is 0.750. The van der Waals surface area contributed by atoms with Crippen LogP contribution in [0.3, 0.4) is 0 Å². The van der Waals surface area contributed by atoms with E-state index in [1.807, 2.05) is 13.8 Å². The van der Waals surface area contributed by atoms with Gasteiger partial charge in [-0.25, -0.2) is 10.2 Å². The lowest BCUT2D eigenvalue weighted by Gasteiger charge is -2.18. The van der Waals surface area contributed by atoms with Gasteiger partial charge in [0.2, 0.25) is 5.91 Å². The first kappa shape index (κ1) is 16.4. The Bertz CT molecular complexity index is 330. The zero-order chi connectivity index (χ0) is 14.3. The highest BCUT2D eigenvalue weighted by molar-refractivity contribution is 6.00. The van der Waals surface area contributed by atoms with Crippen molar-refractivity contribution in [2.45, 2.75) is 59.6 Å². The highest BCUT2D eigenvalue weighted by Gasteiger charge is 2.15. The Labute approximate surface area is 108 Å². The molecule has 0 rings (SSSR count). The molecule has 0 aliphatic rings. The summed E-state index contributed by atoms with van der Waals surface area (Å²) >= 11 is 0. The van der Waals surface area contributed by atoms with Gasteiger partial charge in [-0.3, -0.25) is 4.79 Å². The first-order chi connectivity index (χ1) is 8.10. The summed E-state index contributed by atoms with van der Waals surface area (Å²) < 4.78 is 5.00. The normalized spacial score (nSPS) is 12.3. The van der Waals surface area contributed by atoms with Gasteiger partial charge < -0.3 is 10.1 Å². The number of rotatable bonds is 4. The summed E-state index contributed by atoms with van der Waals surface area (Å²) in [6.07, 6.45) is -0.486. The molecule has 0 aliphatic carbocycles. The fourth-order valence-corrected chi connectivity index (χ4v) is 1.09. The lowest BCUT2D eigenvalue weighted by molar-refractivity contribution is -0.120. The standard InChI is InChI=1S/C12H23N3O3/c1-8(2)13-10(16)7-9(3)14-15-11(17)18-12(4,5)6/h8H,7H2,1-6H3,(H,13,16)(H,15,17). The maximum atomic E-state index is 11.4. The van der Waals surface area contributed by atoms with E-state index in [-0.39, 0.29) is 18.4 Å². The predicted molar refractivity (Wildman–Crippen MR) is 70.4 cm³/mol. The Morgan fingerprint density at radius 2 is 1.83 bits per heavy atom. The van der Waals surface area contributed by atoms with Crippen LogP contribution in [0.25, 0.3) is 0 Å². The minimum Gasteiger partial charge on any atom is -0.443 e. The third-order valence-electron chi connectivity index (χ3n) is 1.60. The zero-order valence-electron chi connectivity index (χ0n) is 12.0. The van der Waals surface area contributed by atoms with Crippen molar-refractivity contribution >= 4 is 17.7 Å². The number of nitrogens with one attached hydrogen (secondary N) is 2. The average Bonchev–Trinajstić information content (AvgIpc) is 2.10. The smallest absolute Gasteiger partial charge is 0.428 e. The molecule has 0 aliphatic heterocycles. The highest BCUT2D eigenvalue weighted by Crippen LogP contribution is 2.06. The van der Waals surface area contributed by atoms with Gasteiger partial charge in [0, 0.05) is 11.8 Å². The fourth-order valence-electron chi connectivity index (χ4n) is 1.09. The monoisotopic (exact) mass is 257 g/mol. The van der Waals surface area contributed by atoms with Gasteiger partial charge in [-0.1, -0.05) is 0 Å². The highest BCUT2D eigenvalue weighted by atomic mass is 16.6. The van der Waals surface area contributed by atoms with Gasteiger partial charge >= 0.3 is 6.09 Å². The molecule has 0 radical (unpaired) electrons. The number of hydrogen-bond acceptors (Lipinski definition) is 4. The van der Waals surface area contributed by atoms with Crippen molar-refractivity contribution in [3.8, 4) is 0 Å². The zero-order valence-corrected chi connectivity index (χ0v) is 12.0. The summed E-state index contributed by atoms with van der Waals surface area (Å²) in [5.74, 6) is -0.128. The van der Waals surface area contributed by atoms with Crippen LogP contribution in [0.15, 0.2) is 5.10 Å². The molecule has 6 heteroatoms. The molecule has 0 bridgehead atoms. The summed E-state index contributed by atoms with van der Waals surface area (Å²) in [7, 11) is 0. The van der Waals surface area contributed by atoms with Crippen LogP contribution in [0.1, 0.15) is 48.0 Å². The number of hydrogen-bond donors (Lipinski definition) is 2. The molecule has 2 N–H and O–H groups in total. The van der Waals surface area contributed by atoms with Gasteiger partial charge in [-0.15, -0.1) is 0 Å². The van der Waals surface area contributed by atoms with Gasteiger partial charge in [0.15, 0.2) is 0 Å². The number of ether oxygens (including phenoxy) is 1. The molecule has 0 aromatic heterocycles. The number of amides is 2. The molecule has 0 aromatic rings. The Balaban J connectivity index is 4.12. The molecule has 0 atom stereocenters. The minimum atomic E-state index is -0.633. The van der Waals surface area contributed by atoms with E-state index in [1.165, 1.54) is 0 Å². The maximum Gasteiger partial charge on any atom is 0.428 e. The molecule has 0 saturated heterocycles. The van der Waals surface area contributed by atoms with E-state index in [0.29, 0.717) is 5.71 Å². The van der Waals surface area contributed by atoms with E-state index in [1.54, 1.807) is 27.7 Å². The quantitative estimate of drug-likeness (QED) is 0.595. The minimum absolute atomic E-state index is 0.0871. The lowest BCUT2D eigenvalue weighted by atomic mass is 10.2. The maximum absolute atomic E-state index is 11.4. The van der Waals surface area contributed by atoms with Crippen LogP contribution in [0, 0.1) is 0 Å². The summed E-state index contributed by atoms with van der Waals surface area (Å²) in [5.41, 5.74) is 2.19. The molecule has 0 unspecified atom stereocenters. The van der Waals surface area contributed by atoms with E-state index in [0.717, 1.165) is 0 Å². The van der Waals surface area contributed by atoms with Crippen LogP contribution >= 0.6 is 0 Å². The van der Waals surface area contributed by atoms with Crippen LogP contribution in [-0.2, 0) is 9.53 Å². The molecule has 0 saturated carbocycles. The second kappa shape index (κ2) is 6.98. The van der Waals surface area contributed by atoms with Crippen molar-refractivity contribution in [3.63, 3.8) is 0 Å². The number of nitrogens with zero attached hydrogens (tertiary/aromatic N) is 1. The number of carbonyl (C=O) groups is 2. The summed E-state index contributed by atoms with van der Waals surface area (Å²) in [5, 5.41) is 6.52. The van der Waals surface area contributed by atoms with Gasteiger partial charge in [0.05, 0.1) is 6.42 Å². The first-order valence-electron chi connectivity index (χ1n) is 5.91. The molecule has 2 amide bonds. The number of hydrazone groups is 1. The number of carbonyl (C=O) groups excluding carboxylic acids is 2. The van der Waals surface area contributed by atoms with Crippen LogP contribution in [0.5, 0.6) is 0 Å². The van der Waals surface area contributed by atoms with E-state index in [4.69, 9.17) is 4.74 Å². The Morgan fingerprint density at radius 1 is 1.28 bits per heavy atom. The largest absolute Gasteiger partial charge is 0.443 e. The summed E-state index contributed by atoms with van der Waals surface area (Å²) in [6, 6.07) is 0.0871. The van der Waals surface area contributed by atoms with Crippen molar-refractivity contribution in [1.29, 1.82) is 0 Å². The molecule has 104 valence electrons. The van der Waals surface area contributed by atoms with Crippen LogP contribution in [0.2, 0.25) is 0 Å². The Hall–Kier alpha value is -1.59. The lowest BCUT2D eigenvalue weighted by Crippen LogP contribution is -2.32. The van der Waals surface area contributed by atoms with Gasteiger partial charge in [-0.05, 0) is 41.5 Å². The molecule has 18 heavy (non-hydrogen) atoms. The van der Waals surface area contributed by atoms with Crippen molar-refractivity contribution in [2.24, 2.45) is 5.10 Å². The third-order valence-corrected chi connectivity index (χ3v) is 1.60. The molecular formula is C12H23N3O3. The van der Waals surface area contributed by atoms with E-state index in [9.17, 15) is 9.59 Å². The van der Waals surface area contributed by atoms with Crippen LogP contribution in [-0.4, -0.2) is 29.4 Å². The molecule has 0 spiro atoms. The van der Waals surface area contributed by atoms with Crippen molar-refractivity contribution in [2.75, 3.05) is 0 Å². The van der Waals surface area contributed by atoms with Crippen LogP contribution < -0.4 is 10.7 Å². The van der Waals surface area contributed by atoms with Crippen molar-refractivity contribution in [3.05, 3.63) is 0 Å². The Kier molecular flexibility index (Phi) is 6.36. The van der Waals surface area contributed by atoms with E-state index >= 15 is 0 Å². The van der Waals surface area contributed by atoms with Gasteiger partial charge in [0.1, 0.15) is 5.60 Å². The SMILES string of the molecule is CC(CC(=O)NC(C)C)=NNC(=O)OC(C)(C)C. The van der Waals surface area contributed by atoms with Gasteiger partial charge in [-0.2, -0.15) is 5.10 Å². The predicted octanol–water partition coefficient (Wildman–Crippen LogP) is 1.80. The van der Waals surface area contributed by atoms with E-state index < -0.39 is 11.7 Å². The molecule has 0 fully saturated rings. The van der Waals surface area contributed by atoms with E-state index in [2.05, 4.69) is 15.8 Å². The Morgan fingerprint density at radius 3 is 2.28 bits per heavy atom. The summed E-state index contributed by atoms with van der Waals surface area (Å²) in [4.78, 5) is 22.7. The molecular weight excluding hydrogens is 234 g/mol. The second-order valence-corrected chi connectivity index (χ2v) is 5.36. The third kappa shape index (κ3) is 9.62.